The van der Waals surface area contributed by atoms with Crippen molar-refractivity contribution in [1.29, 1.82) is 0 Å². The predicted octanol–water partition coefficient (Wildman–Crippen LogP) is 5.41. The van der Waals surface area contributed by atoms with E-state index < -0.39 is 0 Å². The number of pyridine rings is 1. The van der Waals surface area contributed by atoms with Crippen molar-refractivity contribution in [3.05, 3.63) is 64.7 Å². The molecule has 1 aliphatic heterocycles. The molecule has 172 valence electrons. The Hall–Kier alpha value is -2.22. The Morgan fingerprint density at radius 2 is 1.84 bits per heavy atom. The van der Waals surface area contributed by atoms with Gasteiger partial charge in [-0.2, -0.15) is 0 Å². The van der Waals surface area contributed by atoms with Gasteiger partial charge in [-0.25, -0.2) is 9.37 Å². The molecule has 5 nitrogen and oxygen atoms in total. The zero-order valence-electron chi connectivity index (χ0n) is 18.1. The standard InChI is InChI=1S/C23H25FN4OS.2ClH/c1-3-6-18-15-17(9-10-25-18)22-26-16(2)21(30-22)23(29)28-13-11-27(12-14-28)20-8-5-4-7-19(20)24;;/h4-5,7-10,15H,3,6,11-14H2,1-2H3;2*1H. The van der Waals surface area contributed by atoms with Crippen LogP contribution in [0.2, 0.25) is 0 Å². The molecule has 32 heavy (non-hydrogen) atoms. The van der Waals surface area contributed by atoms with E-state index in [0.717, 1.165) is 34.8 Å². The maximum Gasteiger partial charge on any atom is 0.265 e. The van der Waals surface area contributed by atoms with Crippen LogP contribution in [-0.2, 0) is 6.42 Å². The Morgan fingerprint density at radius 3 is 2.53 bits per heavy atom. The first-order valence-electron chi connectivity index (χ1n) is 10.3. The summed E-state index contributed by atoms with van der Waals surface area (Å²) in [6, 6.07) is 10.8. The van der Waals surface area contributed by atoms with E-state index in [-0.39, 0.29) is 36.5 Å². The molecule has 1 fully saturated rings. The first-order chi connectivity index (χ1) is 14.6. The maximum absolute atomic E-state index is 14.1. The third-order valence-corrected chi connectivity index (χ3v) is 6.52. The fourth-order valence-electron chi connectivity index (χ4n) is 3.72. The molecule has 0 aliphatic carbocycles. The van der Waals surface area contributed by atoms with Crippen LogP contribution in [0.3, 0.4) is 0 Å². The van der Waals surface area contributed by atoms with Gasteiger partial charge >= 0.3 is 0 Å². The zero-order chi connectivity index (χ0) is 21.1. The number of para-hydroxylation sites is 1. The molecule has 0 radical (unpaired) electrons. The van der Waals surface area contributed by atoms with E-state index >= 15 is 0 Å². The number of hydrogen-bond donors (Lipinski definition) is 0. The van der Waals surface area contributed by atoms with Gasteiger partial charge in [0.2, 0.25) is 0 Å². The van der Waals surface area contributed by atoms with Gasteiger partial charge in [-0.1, -0.05) is 25.5 Å². The Morgan fingerprint density at radius 1 is 1.12 bits per heavy atom. The molecule has 0 spiro atoms. The average molecular weight is 497 g/mol. The van der Waals surface area contributed by atoms with Crippen molar-refractivity contribution in [1.82, 2.24) is 14.9 Å². The van der Waals surface area contributed by atoms with Crippen LogP contribution in [-0.4, -0.2) is 47.0 Å². The third kappa shape index (κ3) is 5.57. The first-order valence-corrected chi connectivity index (χ1v) is 11.1. The highest BCUT2D eigenvalue weighted by molar-refractivity contribution is 7.17. The van der Waals surface area contributed by atoms with Crippen molar-refractivity contribution < 1.29 is 9.18 Å². The smallest absolute Gasteiger partial charge is 0.265 e. The van der Waals surface area contributed by atoms with Crippen LogP contribution >= 0.6 is 36.2 Å². The summed E-state index contributed by atoms with van der Waals surface area (Å²) in [7, 11) is 0. The van der Waals surface area contributed by atoms with E-state index in [9.17, 15) is 9.18 Å². The van der Waals surface area contributed by atoms with Crippen LogP contribution in [0.1, 0.15) is 34.4 Å². The lowest BCUT2D eigenvalue weighted by molar-refractivity contribution is 0.0750. The van der Waals surface area contributed by atoms with Gasteiger partial charge in [0.15, 0.2) is 0 Å². The number of rotatable bonds is 5. The largest absolute Gasteiger partial charge is 0.366 e. The van der Waals surface area contributed by atoms with E-state index in [1.54, 1.807) is 18.3 Å². The summed E-state index contributed by atoms with van der Waals surface area (Å²) in [5.41, 5.74) is 3.40. The highest BCUT2D eigenvalue weighted by Gasteiger charge is 2.26. The van der Waals surface area contributed by atoms with Gasteiger partial charge in [0, 0.05) is 43.6 Å². The lowest BCUT2D eigenvalue weighted by atomic mass is 10.2. The number of carbonyl (C=O) groups is 1. The van der Waals surface area contributed by atoms with Crippen molar-refractivity contribution in [2.24, 2.45) is 0 Å². The lowest BCUT2D eigenvalue weighted by Gasteiger charge is -2.36. The second-order valence-corrected chi connectivity index (χ2v) is 8.45. The fraction of sp³-hybridized carbons (Fsp3) is 0.348. The number of amides is 1. The molecule has 9 heteroatoms. The molecule has 3 aromatic rings. The SMILES string of the molecule is CCCc1cc(-c2nc(C)c(C(=O)N3CCN(c4ccccc4F)CC3)s2)ccn1.Cl.Cl. The summed E-state index contributed by atoms with van der Waals surface area (Å²) in [5, 5.41) is 0.848. The third-order valence-electron chi connectivity index (χ3n) is 5.32. The van der Waals surface area contributed by atoms with Gasteiger partial charge in [-0.15, -0.1) is 36.2 Å². The molecular formula is C23H27Cl2FN4OS. The molecule has 0 bridgehead atoms. The number of carbonyl (C=O) groups excluding carboxylic acids is 1. The number of nitrogens with zero attached hydrogens (tertiary/aromatic N) is 4. The number of aryl methyl sites for hydroxylation is 2. The number of aromatic nitrogens is 2. The number of piperazine rings is 1. The van der Waals surface area contributed by atoms with Crippen molar-refractivity contribution in [3.8, 4) is 10.6 Å². The molecule has 1 aliphatic rings. The summed E-state index contributed by atoms with van der Waals surface area (Å²) in [6.07, 6.45) is 3.77. The molecule has 3 heterocycles. The average Bonchev–Trinajstić information content (AvgIpc) is 3.16. The molecule has 4 rings (SSSR count). The first kappa shape index (κ1) is 26.0. The van der Waals surface area contributed by atoms with Gasteiger partial charge < -0.3 is 9.80 Å². The van der Waals surface area contributed by atoms with Crippen LogP contribution in [0.4, 0.5) is 10.1 Å². The number of halogens is 3. The minimum Gasteiger partial charge on any atom is -0.366 e. The van der Waals surface area contributed by atoms with Gasteiger partial charge in [0.1, 0.15) is 15.7 Å². The second-order valence-electron chi connectivity index (χ2n) is 7.45. The molecule has 2 aromatic heterocycles. The summed E-state index contributed by atoms with van der Waals surface area (Å²) in [4.78, 5) is 26.7. The highest BCUT2D eigenvalue weighted by Crippen LogP contribution is 2.30. The molecule has 1 amide bonds. The molecule has 0 saturated carbocycles. The lowest BCUT2D eigenvalue weighted by Crippen LogP contribution is -2.49. The topological polar surface area (TPSA) is 49.3 Å². The van der Waals surface area contributed by atoms with Gasteiger partial charge in [-0.05, 0) is 37.6 Å². The van der Waals surface area contributed by atoms with Gasteiger partial charge in [-0.3, -0.25) is 9.78 Å². The van der Waals surface area contributed by atoms with E-state index in [4.69, 9.17) is 0 Å². The summed E-state index contributed by atoms with van der Waals surface area (Å²) < 4.78 is 14.1. The Kier molecular flexibility index (Phi) is 9.43. The minimum absolute atomic E-state index is 0. The van der Waals surface area contributed by atoms with E-state index in [1.165, 1.54) is 17.4 Å². The van der Waals surface area contributed by atoms with Crippen LogP contribution < -0.4 is 4.90 Å². The molecule has 1 saturated heterocycles. The van der Waals surface area contributed by atoms with E-state index in [0.29, 0.717) is 36.7 Å². The number of hydrogen-bond acceptors (Lipinski definition) is 5. The Bertz CT molecular complexity index is 1050. The molecule has 0 unspecified atom stereocenters. The zero-order valence-corrected chi connectivity index (χ0v) is 20.5. The maximum atomic E-state index is 14.1. The molecule has 0 atom stereocenters. The Labute approximate surface area is 204 Å². The summed E-state index contributed by atoms with van der Waals surface area (Å²) in [6.45, 7) is 6.37. The van der Waals surface area contributed by atoms with E-state index in [1.807, 2.05) is 28.9 Å². The molecule has 0 N–H and O–H groups in total. The van der Waals surface area contributed by atoms with Crippen molar-refractivity contribution >= 4 is 47.7 Å². The van der Waals surface area contributed by atoms with Crippen LogP contribution in [0.15, 0.2) is 42.6 Å². The summed E-state index contributed by atoms with van der Waals surface area (Å²) in [5.74, 6) is -0.215. The minimum atomic E-state index is -0.222. The predicted molar refractivity (Wildman–Crippen MR) is 133 cm³/mol. The molecular weight excluding hydrogens is 470 g/mol. The van der Waals surface area contributed by atoms with Gasteiger partial charge in [0.25, 0.3) is 5.91 Å². The van der Waals surface area contributed by atoms with Crippen molar-refractivity contribution in [2.75, 3.05) is 31.1 Å². The number of thiazole rings is 1. The van der Waals surface area contributed by atoms with E-state index in [2.05, 4.69) is 23.0 Å². The fourth-order valence-corrected chi connectivity index (χ4v) is 4.76. The Balaban J connectivity index is 0.00000181. The monoisotopic (exact) mass is 496 g/mol. The van der Waals surface area contributed by atoms with Crippen molar-refractivity contribution in [2.45, 2.75) is 26.7 Å². The number of benzene rings is 1. The number of anilines is 1. The second kappa shape index (κ2) is 11.6. The van der Waals surface area contributed by atoms with Crippen LogP contribution in [0, 0.1) is 12.7 Å². The van der Waals surface area contributed by atoms with Gasteiger partial charge in [0.05, 0.1) is 11.4 Å². The van der Waals surface area contributed by atoms with Crippen LogP contribution in [0.5, 0.6) is 0 Å². The van der Waals surface area contributed by atoms with Crippen LogP contribution in [0.25, 0.3) is 10.6 Å². The normalized spacial score (nSPS) is 13.3. The highest BCUT2D eigenvalue weighted by atomic mass is 35.5. The quantitative estimate of drug-likeness (QED) is 0.473. The van der Waals surface area contributed by atoms with Crippen molar-refractivity contribution in [3.63, 3.8) is 0 Å². The summed E-state index contributed by atoms with van der Waals surface area (Å²) >= 11 is 1.44. The molecule has 1 aromatic carbocycles.